The van der Waals surface area contributed by atoms with Crippen molar-refractivity contribution in [3.63, 3.8) is 0 Å². The summed E-state index contributed by atoms with van der Waals surface area (Å²) in [5, 5.41) is 0. The molecule has 0 aromatic rings. The number of hydrogen-bond acceptors (Lipinski definition) is 6. The lowest BCUT2D eigenvalue weighted by Gasteiger charge is -2.18. The number of hydrogen-bond donors (Lipinski definition) is 0. The average molecular weight is 775 g/mol. The Balaban J connectivity index is 4.26. The summed E-state index contributed by atoms with van der Waals surface area (Å²) in [7, 11) is 0. The molecule has 1 atom stereocenters. The quantitative estimate of drug-likeness (QED) is 0.0266. The van der Waals surface area contributed by atoms with Gasteiger partial charge in [0.15, 0.2) is 6.10 Å². The molecule has 322 valence electrons. The van der Waals surface area contributed by atoms with Crippen molar-refractivity contribution in [2.75, 3.05) is 13.2 Å². The zero-order chi connectivity index (χ0) is 40.1. The molecule has 0 saturated heterocycles. The van der Waals surface area contributed by atoms with Crippen LogP contribution in [0.4, 0.5) is 0 Å². The monoisotopic (exact) mass is 775 g/mol. The highest BCUT2D eigenvalue weighted by atomic mass is 16.6. The standard InChI is InChI=1S/C49H90O6/c1-4-7-10-13-16-19-21-22-23-24-25-26-27-29-30-33-36-39-42-48(51)54-45-46(44-53-47(50)41-38-35-32-18-15-12-9-6-3)55-49(52)43-40-37-34-31-28-20-17-14-11-8-5-2/h14,17,23-24,46H,4-13,15-16,18-22,25-45H2,1-3H3/b17-14-,24-23-. The second kappa shape index (κ2) is 44.6. The maximum Gasteiger partial charge on any atom is 0.306 e. The second-order valence-corrected chi connectivity index (χ2v) is 16.0. The minimum Gasteiger partial charge on any atom is -0.462 e. The summed E-state index contributed by atoms with van der Waals surface area (Å²) < 4.78 is 16.7. The summed E-state index contributed by atoms with van der Waals surface area (Å²) >= 11 is 0. The van der Waals surface area contributed by atoms with Gasteiger partial charge in [-0.3, -0.25) is 14.4 Å². The lowest BCUT2D eigenvalue weighted by Crippen LogP contribution is -2.30. The Morgan fingerprint density at radius 1 is 0.345 bits per heavy atom. The molecule has 0 aliphatic carbocycles. The predicted octanol–water partition coefficient (Wildman–Crippen LogP) is 15.2. The summed E-state index contributed by atoms with van der Waals surface area (Å²) in [6.45, 7) is 6.56. The third kappa shape index (κ3) is 42.9. The van der Waals surface area contributed by atoms with E-state index in [4.69, 9.17) is 14.2 Å². The van der Waals surface area contributed by atoms with Gasteiger partial charge in [-0.25, -0.2) is 0 Å². The highest BCUT2D eigenvalue weighted by Crippen LogP contribution is 2.14. The fourth-order valence-electron chi connectivity index (χ4n) is 6.77. The van der Waals surface area contributed by atoms with Gasteiger partial charge < -0.3 is 14.2 Å². The van der Waals surface area contributed by atoms with Crippen LogP contribution in [-0.4, -0.2) is 37.2 Å². The Bertz CT molecular complexity index is 896. The molecule has 0 amide bonds. The first-order valence-corrected chi connectivity index (χ1v) is 23.8. The van der Waals surface area contributed by atoms with E-state index in [1.165, 1.54) is 141 Å². The van der Waals surface area contributed by atoms with Gasteiger partial charge in [-0.05, 0) is 64.2 Å². The molecule has 0 radical (unpaired) electrons. The average Bonchev–Trinajstić information content (AvgIpc) is 3.18. The molecule has 0 aromatic carbocycles. The molecular weight excluding hydrogens is 685 g/mol. The summed E-state index contributed by atoms with van der Waals surface area (Å²) in [6.07, 6.45) is 48.8. The molecule has 1 unspecified atom stereocenters. The van der Waals surface area contributed by atoms with Gasteiger partial charge in [0.05, 0.1) is 0 Å². The van der Waals surface area contributed by atoms with Crippen LogP contribution in [0.5, 0.6) is 0 Å². The van der Waals surface area contributed by atoms with Crippen molar-refractivity contribution in [1.29, 1.82) is 0 Å². The van der Waals surface area contributed by atoms with Crippen LogP contribution in [0.15, 0.2) is 24.3 Å². The first-order chi connectivity index (χ1) is 27.0. The number of ether oxygens (including phenoxy) is 3. The zero-order valence-electron chi connectivity index (χ0n) is 36.7. The van der Waals surface area contributed by atoms with E-state index in [-0.39, 0.29) is 31.1 Å². The lowest BCUT2D eigenvalue weighted by atomic mass is 10.1. The Labute approximate surface area is 341 Å². The third-order valence-corrected chi connectivity index (χ3v) is 10.4. The Kier molecular flexibility index (Phi) is 42.9. The van der Waals surface area contributed by atoms with Gasteiger partial charge in [-0.2, -0.15) is 0 Å². The first kappa shape index (κ1) is 52.9. The number of carbonyl (C=O) groups excluding carboxylic acids is 3. The van der Waals surface area contributed by atoms with E-state index in [2.05, 4.69) is 45.1 Å². The normalized spacial score (nSPS) is 12.1. The van der Waals surface area contributed by atoms with Crippen molar-refractivity contribution in [3.8, 4) is 0 Å². The van der Waals surface area contributed by atoms with Crippen molar-refractivity contribution in [2.24, 2.45) is 0 Å². The predicted molar refractivity (Wildman–Crippen MR) is 233 cm³/mol. The molecule has 0 aromatic heterocycles. The fraction of sp³-hybridized carbons (Fsp3) is 0.857. The van der Waals surface area contributed by atoms with Crippen molar-refractivity contribution in [2.45, 2.75) is 258 Å². The minimum atomic E-state index is -0.770. The maximum atomic E-state index is 12.7. The van der Waals surface area contributed by atoms with Crippen LogP contribution in [0.2, 0.25) is 0 Å². The van der Waals surface area contributed by atoms with Gasteiger partial charge in [-0.1, -0.05) is 193 Å². The number of allylic oxidation sites excluding steroid dienone is 4. The molecular formula is C49H90O6. The van der Waals surface area contributed by atoms with Gasteiger partial charge in [0.1, 0.15) is 13.2 Å². The van der Waals surface area contributed by atoms with E-state index >= 15 is 0 Å². The highest BCUT2D eigenvalue weighted by Gasteiger charge is 2.19. The molecule has 55 heavy (non-hydrogen) atoms. The summed E-state index contributed by atoms with van der Waals surface area (Å²) in [5.74, 6) is -0.887. The smallest absolute Gasteiger partial charge is 0.306 e. The first-order valence-electron chi connectivity index (χ1n) is 23.8. The molecule has 0 heterocycles. The van der Waals surface area contributed by atoms with Crippen LogP contribution in [0.1, 0.15) is 252 Å². The Morgan fingerprint density at radius 2 is 0.618 bits per heavy atom. The van der Waals surface area contributed by atoms with Crippen molar-refractivity contribution in [3.05, 3.63) is 24.3 Å². The maximum absolute atomic E-state index is 12.7. The molecule has 6 nitrogen and oxygen atoms in total. The highest BCUT2D eigenvalue weighted by molar-refractivity contribution is 5.71. The van der Waals surface area contributed by atoms with E-state index in [1.54, 1.807) is 0 Å². The van der Waals surface area contributed by atoms with Crippen LogP contribution in [0.3, 0.4) is 0 Å². The van der Waals surface area contributed by atoms with Gasteiger partial charge in [0.25, 0.3) is 0 Å². The van der Waals surface area contributed by atoms with E-state index in [0.717, 1.165) is 70.6 Å². The largest absolute Gasteiger partial charge is 0.462 e. The topological polar surface area (TPSA) is 78.9 Å². The van der Waals surface area contributed by atoms with Crippen LogP contribution in [0.25, 0.3) is 0 Å². The van der Waals surface area contributed by atoms with Gasteiger partial charge in [0.2, 0.25) is 0 Å². The molecule has 0 N–H and O–H groups in total. The van der Waals surface area contributed by atoms with Crippen LogP contribution in [-0.2, 0) is 28.6 Å². The van der Waals surface area contributed by atoms with Gasteiger partial charge >= 0.3 is 17.9 Å². The van der Waals surface area contributed by atoms with Gasteiger partial charge in [0, 0.05) is 19.3 Å². The molecule has 0 aliphatic rings. The van der Waals surface area contributed by atoms with Crippen molar-refractivity contribution < 1.29 is 28.6 Å². The summed E-state index contributed by atoms with van der Waals surface area (Å²) in [4.78, 5) is 37.7. The van der Waals surface area contributed by atoms with Crippen LogP contribution in [0, 0.1) is 0 Å². The lowest BCUT2D eigenvalue weighted by molar-refractivity contribution is -0.167. The molecule has 0 bridgehead atoms. The zero-order valence-corrected chi connectivity index (χ0v) is 36.7. The third-order valence-electron chi connectivity index (χ3n) is 10.4. The van der Waals surface area contributed by atoms with Crippen molar-refractivity contribution in [1.82, 2.24) is 0 Å². The van der Waals surface area contributed by atoms with Crippen LogP contribution >= 0.6 is 0 Å². The van der Waals surface area contributed by atoms with E-state index in [1.807, 2.05) is 0 Å². The molecule has 0 spiro atoms. The fourth-order valence-corrected chi connectivity index (χ4v) is 6.77. The summed E-state index contributed by atoms with van der Waals surface area (Å²) in [6, 6.07) is 0. The van der Waals surface area contributed by atoms with Gasteiger partial charge in [-0.15, -0.1) is 0 Å². The Morgan fingerprint density at radius 3 is 0.964 bits per heavy atom. The molecule has 0 aliphatic heterocycles. The molecule has 6 heteroatoms. The number of esters is 3. The van der Waals surface area contributed by atoms with E-state index < -0.39 is 6.10 Å². The van der Waals surface area contributed by atoms with E-state index in [0.29, 0.717) is 19.3 Å². The van der Waals surface area contributed by atoms with Crippen LogP contribution < -0.4 is 0 Å². The second-order valence-electron chi connectivity index (χ2n) is 16.0. The number of carbonyl (C=O) groups is 3. The van der Waals surface area contributed by atoms with E-state index in [9.17, 15) is 14.4 Å². The summed E-state index contributed by atoms with van der Waals surface area (Å²) in [5.41, 5.74) is 0. The Hall–Kier alpha value is -2.11. The number of rotatable bonds is 43. The molecule has 0 fully saturated rings. The SMILES string of the molecule is CCCC/C=C\CCCCCCCC(=O)OC(COC(=O)CCCCCCCCCC)COC(=O)CCCCCCCCC/C=C\CCCCCCCCC. The number of unbranched alkanes of at least 4 members (excludes halogenated alkanes) is 28. The van der Waals surface area contributed by atoms with Crippen molar-refractivity contribution >= 4 is 17.9 Å². The minimum absolute atomic E-state index is 0.0738. The molecule has 0 saturated carbocycles. The molecule has 0 rings (SSSR count).